The minimum absolute atomic E-state index is 0.0483. The summed E-state index contributed by atoms with van der Waals surface area (Å²) in [5, 5.41) is 11.5. The van der Waals surface area contributed by atoms with Gasteiger partial charge < -0.3 is 20.3 Å². The Bertz CT molecular complexity index is 609. The Morgan fingerprint density at radius 1 is 1.12 bits per heavy atom. The minimum atomic E-state index is -0.479. The fourth-order valence-corrected chi connectivity index (χ4v) is 3.43. The Labute approximate surface area is 140 Å². The Morgan fingerprint density at radius 3 is 2.33 bits per heavy atom. The highest BCUT2D eigenvalue weighted by molar-refractivity contribution is 5.71. The molecule has 0 aliphatic carbocycles. The molecule has 2 aliphatic rings. The molecule has 1 aromatic heterocycles. The molecule has 0 radical (unpaired) electrons. The molecule has 0 aromatic carbocycles. The predicted octanol–water partition coefficient (Wildman–Crippen LogP) is 1.57. The molecule has 0 unspecified atom stereocenters. The maximum Gasteiger partial charge on any atom is 0.353 e. The molecular formula is C15H24N6O3. The van der Waals surface area contributed by atoms with E-state index >= 15 is 0 Å². The van der Waals surface area contributed by atoms with Gasteiger partial charge in [0, 0.05) is 26.2 Å². The van der Waals surface area contributed by atoms with Gasteiger partial charge in [-0.25, -0.2) is 0 Å². The zero-order valence-corrected chi connectivity index (χ0v) is 14.1. The largest absolute Gasteiger partial charge is 0.378 e. The van der Waals surface area contributed by atoms with Crippen LogP contribution < -0.4 is 15.5 Å². The van der Waals surface area contributed by atoms with Gasteiger partial charge in [-0.15, -0.1) is 0 Å². The van der Waals surface area contributed by atoms with Gasteiger partial charge in [-0.2, -0.15) is 9.97 Å². The standard InChI is InChI=1S/C15H24N6O3/c1-10-8-20(9-11(2)24-10)15-17-13(16)12(21(22)23)14(18-15)19-6-4-3-5-7-19/h10-11H,3-9H2,1-2H3,(H2,16,17,18)/t10-,11-/m0/s1. The number of nitrogens with zero attached hydrogens (tertiary/aromatic N) is 5. The van der Waals surface area contributed by atoms with Crippen molar-refractivity contribution in [3.05, 3.63) is 10.1 Å². The molecule has 1 aromatic rings. The number of nitrogen functional groups attached to an aromatic ring is 1. The monoisotopic (exact) mass is 336 g/mol. The van der Waals surface area contributed by atoms with Crippen molar-refractivity contribution in [1.29, 1.82) is 0 Å². The maximum atomic E-state index is 11.5. The van der Waals surface area contributed by atoms with Crippen LogP contribution in [0, 0.1) is 10.1 Å². The Balaban J connectivity index is 1.99. The summed E-state index contributed by atoms with van der Waals surface area (Å²) in [4.78, 5) is 23.7. The van der Waals surface area contributed by atoms with Crippen molar-refractivity contribution in [3.8, 4) is 0 Å². The van der Waals surface area contributed by atoms with Crippen molar-refractivity contribution in [2.75, 3.05) is 41.7 Å². The van der Waals surface area contributed by atoms with Crippen molar-refractivity contribution in [2.45, 2.75) is 45.3 Å². The van der Waals surface area contributed by atoms with E-state index < -0.39 is 4.92 Å². The highest BCUT2D eigenvalue weighted by Crippen LogP contribution is 2.34. The van der Waals surface area contributed by atoms with E-state index in [0.717, 1.165) is 32.4 Å². The van der Waals surface area contributed by atoms with E-state index in [0.29, 0.717) is 24.9 Å². The van der Waals surface area contributed by atoms with Crippen LogP contribution in [0.3, 0.4) is 0 Å². The second kappa shape index (κ2) is 6.76. The fraction of sp³-hybridized carbons (Fsp3) is 0.733. The lowest BCUT2D eigenvalue weighted by Crippen LogP contribution is -2.46. The minimum Gasteiger partial charge on any atom is -0.378 e. The van der Waals surface area contributed by atoms with Crippen LogP contribution in [0.5, 0.6) is 0 Å². The quantitative estimate of drug-likeness (QED) is 0.654. The molecule has 0 amide bonds. The lowest BCUT2D eigenvalue weighted by Gasteiger charge is -2.36. The van der Waals surface area contributed by atoms with E-state index in [1.807, 2.05) is 23.6 Å². The first-order chi connectivity index (χ1) is 11.5. The summed E-state index contributed by atoms with van der Waals surface area (Å²) in [6.45, 7) is 6.77. The zero-order valence-electron chi connectivity index (χ0n) is 14.1. The van der Waals surface area contributed by atoms with Crippen LogP contribution in [0.2, 0.25) is 0 Å². The molecule has 3 rings (SSSR count). The first kappa shape index (κ1) is 16.7. The Morgan fingerprint density at radius 2 is 1.75 bits per heavy atom. The summed E-state index contributed by atoms with van der Waals surface area (Å²) in [6, 6.07) is 0. The van der Waals surface area contributed by atoms with Crippen LogP contribution in [0.25, 0.3) is 0 Å². The van der Waals surface area contributed by atoms with Gasteiger partial charge in [-0.05, 0) is 33.1 Å². The molecule has 9 heteroatoms. The number of piperidine rings is 1. The topological polar surface area (TPSA) is 111 Å². The molecule has 132 valence electrons. The normalized spacial score (nSPS) is 24.9. The number of morpholine rings is 1. The van der Waals surface area contributed by atoms with Crippen molar-refractivity contribution >= 4 is 23.3 Å². The third kappa shape index (κ3) is 3.35. The van der Waals surface area contributed by atoms with E-state index in [9.17, 15) is 10.1 Å². The van der Waals surface area contributed by atoms with Crippen molar-refractivity contribution in [1.82, 2.24) is 9.97 Å². The molecule has 2 saturated heterocycles. The van der Waals surface area contributed by atoms with Crippen LogP contribution in [0.1, 0.15) is 33.1 Å². The molecule has 0 spiro atoms. The molecule has 0 saturated carbocycles. The van der Waals surface area contributed by atoms with E-state index in [1.54, 1.807) is 0 Å². The first-order valence-corrected chi connectivity index (χ1v) is 8.43. The average Bonchev–Trinajstić information content (AvgIpc) is 2.53. The number of hydrogen-bond acceptors (Lipinski definition) is 8. The van der Waals surface area contributed by atoms with Crippen LogP contribution >= 0.6 is 0 Å². The molecule has 2 N–H and O–H groups in total. The van der Waals surface area contributed by atoms with Crippen LogP contribution in [-0.2, 0) is 4.74 Å². The van der Waals surface area contributed by atoms with Crippen LogP contribution in [0.4, 0.5) is 23.3 Å². The van der Waals surface area contributed by atoms with E-state index in [2.05, 4.69) is 9.97 Å². The van der Waals surface area contributed by atoms with Gasteiger partial charge in [0.1, 0.15) is 0 Å². The van der Waals surface area contributed by atoms with E-state index in [-0.39, 0.29) is 23.7 Å². The maximum absolute atomic E-state index is 11.5. The number of aromatic nitrogens is 2. The van der Waals surface area contributed by atoms with Gasteiger partial charge in [0.2, 0.25) is 17.6 Å². The summed E-state index contributed by atoms with van der Waals surface area (Å²) in [7, 11) is 0. The summed E-state index contributed by atoms with van der Waals surface area (Å²) in [5.41, 5.74) is 5.74. The number of hydrogen-bond donors (Lipinski definition) is 1. The summed E-state index contributed by atoms with van der Waals surface area (Å²) in [6.07, 6.45) is 3.24. The van der Waals surface area contributed by atoms with Crippen molar-refractivity contribution in [3.63, 3.8) is 0 Å². The molecule has 2 atom stereocenters. The molecule has 0 bridgehead atoms. The number of rotatable bonds is 3. The van der Waals surface area contributed by atoms with Crippen LogP contribution in [-0.4, -0.2) is 53.3 Å². The molecular weight excluding hydrogens is 312 g/mol. The number of nitro groups is 1. The molecule has 2 aliphatic heterocycles. The van der Waals surface area contributed by atoms with Crippen molar-refractivity contribution < 1.29 is 9.66 Å². The van der Waals surface area contributed by atoms with Crippen LogP contribution in [0.15, 0.2) is 0 Å². The number of anilines is 3. The third-order valence-corrected chi connectivity index (χ3v) is 4.42. The van der Waals surface area contributed by atoms with E-state index in [4.69, 9.17) is 10.5 Å². The third-order valence-electron chi connectivity index (χ3n) is 4.42. The average molecular weight is 336 g/mol. The molecule has 24 heavy (non-hydrogen) atoms. The Hall–Kier alpha value is -2.16. The van der Waals surface area contributed by atoms with Gasteiger partial charge in [-0.1, -0.05) is 0 Å². The van der Waals surface area contributed by atoms with Gasteiger partial charge in [0.15, 0.2) is 0 Å². The molecule has 2 fully saturated rings. The van der Waals surface area contributed by atoms with Gasteiger partial charge in [-0.3, -0.25) is 10.1 Å². The molecule has 9 nitrogen and oxygen atoms in total. The number of nitrogens with two attached hydrogens (primary N) is 1. The lowest BCUT2D eigenvalue weighted by atomic mass is 10.1. The molecule has 3 heterocycles. The fourth-order valence-electron chi connectivity index (χ4n) is 3.43. The highest BCUT2D eigenvalue weighted by Gasteiger charge is 2.31. The van der Waals surface area contributed by atoms with Crippen molar-refractivity contribution in [2.24, 2.45) is 0 Å². The zero-order chi connectivity index (χ0) is 17.3. The first-order valence-electron chi connectivity index (χ1n) is 8.43. The smallest absolute Gasteiger partial charge is 0.353 e. The summed E-state index contributed by atoms with van der Waals surface area (Å²) in [5.74, 6) is 0.715. The van der Waals surface area contributed by atoms with E-state index in [1.165, 1.54) is 0 Å². The SMILES string of the molecule is C[C@H]1CN(c2nc(N)c([N+](=O)[O-])c(N3CCCCC3)n2)C[C@H](C)O1. The predicted molar refractivity (Wildman–Crippen MR) is 91.4 cm³/mol. The summed E-state index contributed by atoms with van der Waals surface area (Å²) >= 11 is 0. The second-order valence-electron chi connectivity index (χ2n) is 6.55. The number of ether oxygens (including phenoxy) is 1. The van der Waals surface area contributed by atoms with Gasteiger partial charge in [0.25, 0.3) is 0 Å². The lowest BCUT2D eigenvalue weighted by molar-refractivity contribution is -0.383. The van der Waals surface area contributed by atoms with Gasteiger partial charge in [0.05, 0.1) is 17.1 Å². The van der Waals surface area contributed by atoms with Gasteiger partial charge >= 0.3 is 5.69 Å². The Kier molecular flexibility index (Phi) is 4.70. The summed E-state index contributed by atoms with van der Waals surface area (Å²) < 4.78 is 5.73. The second-order valence-corrected chi connectivity index (χ2v) is 6.55. The highest BCUT2D eigenvalue weighted by atomic mass is 16.6.